The van der Waals surface area contributed by atoms with Crippen molar-refractivity contribution in [3.05, 3.63) is 35.4 Å². The summed E-state index contributed by atoms with van der Waals surface area (Å²) in [5, 5.41) is 3.85. The van der Waals surface area contributed by atoms with Crippen molar-refractivity contribution in [2.75, 3.05) is 6.54 Å². The van der Waals surface area contributed by atoms with Crippen LogP contribution >= 0.6 is 0 Å². The Labute approximate surface area is 131 Å². The highest BCUT2D eigenvalue weighted by Gasteiger charge is 2.26. The lowest BCUT2D eigenvalue weighted by atomic mass is 9.77. The van der Waals surface area contributed by atoms with Crippen LogP contribution in [0.1, 0.15) is 76.3 Å². The first kappa shape index (κ1) is 16.5. The van der Waals surface area contributed by atoms with E-state index in [0.29, 0.717) is 6.04 Å². The van der Waals surface area contributed by atoms with Gasteiger partial charge in [0.25, 0.3) is 0 Å². The molecule has 2 unspecified atom stereocenters. The SMILES string of the molecule is CCCNC(CCCC(C)C)C1CCCc2ccccc21. The van der Waals surface area contributed by atoms with Crippen molar-refractivity contribution in [2.24, 2.45) is 5.92 Å². The number of fused-ring (bicyclic) bond motifs is 1. The summed E-state index contributed by atoms with van der Waals surface area (Å²) >= 11 is 0. The molecular formula is C20H33N. The second-order valence-electron chi connectivity index (χ2n) is 7.08. The third-order valence-corrected chi connectivity index (χ3v) is 4.85. The number of nitrogens with one attached hydrogen (secondary N) is 1. The molecule has 0 saturated carbocycles. The van der Waals surface area contributed by atoms with Crippen molar-refractivity contribution in [3.8, 4) is 0 Å². The van der Waals surface area contributed by atoms with Gasteiger partial charge in [0, 0.05) is 6.04 Å². The Hall–Kier alpha value is -0.820. The Bertz CT molecular complexity index is 410. The summed E-state index contributed by atoms with van der Waals surface area (Å²) in [7, 11) is 0. The van der Waals surface area contributed by atoms with Crippen molar-refractivity contribution in [1.29, 1.82) is 0 Å². The van der Waals surface area contributed by atoms with Gasteiger partial charge < -0.3 is 5.32 Å². The van der Waals surface area contributed by atoms with Gasteiger partial charge in [0.1, 0.15) is 0 Å². The minimum atomic E-state index is 0.671. The van der Waals surface area contributed by atoms with Gasteiger partial charge in [-0.2, -0.15) is 0 Å². The highest BCUT2D eigenvalue weighted by molar-refractivity contribution is 5.33. The van der Waals surface area contributed by atoms with Crippen LogP contribution in [0, 0.1) is 5.92 Å². The topological polar surface area (TPSA) is 12.0 Å². The molecule has 0 saturated heterocycles. The molecule has 0 spiro atoms. The number of benzene rings is 1. The standard InChI is InChI=1S/C20H33N/c1-4-15-21-20(14-7-9-16(2)3)19-13-8-11-17-10-5-6-12-18(17)19/h5-6,10,12,16,19-21H,4,7-9,11,13-15H2,1-3H3. The normalized spacial score (nSPS) is 19.5. The van der Waals surface area contributed by atoms with E-state index in [0.717, 1.165) is 18.4 Å². The van der Waals surface area contributed by atoms with Crippen LogP contribution in [0.2, 0.25) is 0 Å². The molecule has 1 heteroatoms. The minimum absolute atomic E-state index is 0.671. The first-order chi connectivity index (χ1) is 10.2. The molecule has 1 aromatic rings. The molecule has 0 amide bonds. The van der Waals surface area contributed by atoms with E-state index in [1.165, 1.54) is 44.9 Å². The first-order valence-corrected chi connectivity index (χ1v) is 9.03. The predicted octanol–water partition coefficient (Wildman–Crippen LogP) is 5.30. The van der Waals surface area contributed by atoms with Gasteiger partial charge in [-0.3, -0.25) is 0 Å². The Morgan fingerprint density at radius 3 is 2.76 bits per heavy atom. The van der Waals surface area contributed by atoms with Crippen molar-refractivity contribution in [1.82, 2.24) is 5.32 Å². The maximum absolute atomic E-state index is 3.85. The number of rotatable bonds is 8. The Morgan fingerprint density at radius 2 is 2.00 bits per heavy atom. The van der Waals surface area contributed by atoms with Gasteiger partial charge in [-0.25, -0.2) is 0 Å². The molecule has 2 atom stereocenters. The second kappa shape index (κ2) is 8.58. The van der Waals surface area contributed by atoms with Crippen LogP contribution < -0.4 is 5.32 Å². The van der Waals surface area contributed by atoms with Crippen LogP contribution in [0.25, 0.3) is 0 Å². The lowest BCUT2D eigenvalue weighted by molar-refractivity contribution is 0.355. The average Bonchev–Trinajstić information content (AvgIpc) is 2.50. The highest BCUT2D eigenvalue weighted by Crippen LogP contribution is 2.35. The molecular weight excluding hydrogens is 254 g/mol. The van der Waals surface area contributed by atoms with Gasteiger partial charge >= 0.3 is 0 Å². The van der Waals surface area contributed by atoms with E-state index in [1.807, 2.05) is 0 Å². The summed E-state index contributed by atoms with van der Waals surface area (Å²) in [5.74, 6) is 1.56. The van der Waals surface area contributed by atoms with Gasteiger partial charge in [-0.05, 0) is 61.6 Å². The van der Waals surface area contributed by atoms with E-state index < -0.39 is 0 Å². The highest BCUT2D eigenvalue weighted by atomic mass is 14.9. The molecule has 1 N–H and O–H groups in total. The van der Waals surface area contributed by atoms with Gasteiger partial charge in [0.05, 0.1) is 0 Å². The fraction of sp³-hybridized carbons (Fsp3) is 0.700. The molecule has 0 bridgehead atoms. The molecule has 1 nitrogen and oxygen atoms in total. The van der Waals surface area contributed by atoms with Crippen molar-refractivity contribution in [3.63, 3.8) is 0 Å². The van der Waals surface area contributed by atoms with E-state index in [-0.39, 0.29) is 0 Å². The molecule has 0 radical (unpaired) electrons. The Balaban J connectivity index is 2.05. The molecule has 21 heavy (non-hydrogen) atoms. The summed E-state index contributed by atoms with van der Waals surface area (Å²) in [6, 6.07) is 9.82. The van der Waals surface area contributed by atoms with E-state index in [2.05, 4.69) is 50.4 Å². The van der Waals surface area contributed by atoms with Crippen LogP contribution in [-0.2, 0) is 6.42 Å². The van der Waals surface area contributed by atoms with E-state index in [9.17, 15) is 0 Å². The van der Waals surface area contributed by atoms with Gasteiger partial charge in [0.2, 0.25) is 0 Å². The Kier molecular flexibility index (Phi) is 6.76. The summed E-state index contributed by atoms with van der Waals surface area (Å²) in [6.07, 6.45) is 9.28. The van der Waals surface area contributed by atoms with E-state index >= 15 is 0 Å². The maximum Gasteiger partial charge on any atom is 0.0136 e. The predicted molar refractivity (Wildman–Crippen MR) is 92.9 cm³/mol. The summed E-state index contributed by atoms with van der Waals surface area (Å²) in [4.78, 5) is 0. The molecule has 1 aliphatic carbocycles. The van der Waals surface area contributed by atoms with Gasteiger partial charge in [-0.15, -0.1) is 0 Å². The summed E-state index contributed by atoms with van der Waals surface area (Å²) in [6.45, 7) is 8.10. The number of hydrogen-bond acceptors (Lipinski definition) is 1. The zero-order valence-corrected chi connectivity index (χ0v) is 14.2. The Morgan fingerprint density at radius 1 is 1.19 bits per heavy atom. The molecule has 0 fully saturated rings. The van der Waals surface area contributed by atoms with Crippen molar-refractivity contribution < 1.29 is 0 Å². The lowest BCUT2D eigenvalue weighted by Crippen LogP contribution is -2.37. The fourth-order valence-electron chi connectivity index (χ4n) is 3.73. The number of aryl methyl sites for hydroxylation is 1. The van der Waals surface area contributed by atoms with Crippen LogP contribution in [0.5, 0.6) is 0 Å². The monoisotopic (exact) mass is 287 g/mol. The quantitative estimate of drug-likeness (QED) is 0.684. The fourth-order valence-corrected chi connectivity index (χ4v) is 3.73. The lowest BCUT2D eigenvalue weighted by Gasteiger charge is -2.33. The summed E-state index contributed by atoms with van der Waals surface area (Å²) in [5.41, 5.74) is 3.22. The second-order valence-corrected chi connectivity index (χ2v) is 7.08. The zero-order chi connectivity index (χ0) is 15.1. The smallest absolute Gasteiger partial charge is 0.0136 e. The molecule has 118 valence electrons. The third kappa shape index (κ3) is 4.85. The first-order valence-electron chi connectivity index (χ1n) is 9.03. The van der Waals surface area contributed by atoms with Crippen LogP contribution in [0.4, 0.5) is 0 Å². The van der Waals surface area contributed by atoms with Crippen LogP contribution in [0.15, 0.2) is 24.3 Å². The molecule has 0 heterocycles. The van der Waals surface area contributed by atoms with Gasteiger partial charge in [-0.1, -0.05) is 57.9 Å². The zero-order valence-electron chi connectivity index (χ0n) is 14.2. The summed E-state index contributed by atoms with van der Waals surface area (Å²) < 4.78 is 0. The van der Waals surface area contributed by atoms with E-state index in [1.54, 1.807) is 11.1 Å². The molecule has 2 rings (SSSR count). The van der Waals surface area contributed by atoms with Crippen molar-refractivity contribution in [2.45, 2.75) is 77.7 Å². The average molecular weight is 287 g/mol. The molecule has 0 aliphatic heterocycles. The molecule has 1 aliphatic rings. The largest absolute Gasteiger partial charge is 0.313 e. The molecule has 1 aromatic carbocycles. The minimum Gasteiger partial charge on any atom is -0.313 e. The number of hydrogen-bond donors (Lipinski definition) is 1. The van der Waals surface area contributed by atoms with Crippen LogP contribution in [-0.4, -0.2) is 12.6 Å². The molecule has 0 aromatic heterocycles. The van der Waals surface area contributed by atoms with E-state index in [4.69, 9.17) is 0 Å². The third-order valence-electron chi connectivity index (χ3n) is 4.85. The van der Waals surface area contributed by atoms with Gasteiger partial charge in [0.15, 0.2) is 0 Å². The maximum atomic E-state index is 3.85. The van der Waals surface area contributed by atoms with Crippen LogP contribution in [0.3, 0.4) is 0 Å². The van der Waals surface area contributed by atoms with Crippen molar-refractivity contribution >= 4 is 0 Å².